The van der Waals surface area contributed by atoms with Gasteiger partial charge in [0.2, 0.25) is 0 Å². The second kappa shape index (κ2) is 4.42. The standard InChI is InChI=1S/C11H15NO2Se/c1-3-8(2)9-7-14-11(13)12(9)10-5-4-6-15-10/h4-6,8-9H,3,7H2,1-2H3/t8-,9?/m1/s1. The number of carbonyl (C=O) groups is 1. The number of hydrogen-bond acceptors (Lipinski definition) is 2. The fourth-order valence-corrected chi connectivity index (χ4v) is 3.42. The molecule has 1 fully saturated rings. The fourth-order valence-electron chi connectivity index (χ4n) is 1.79. The van der Waals surface area contributed by atoms with Crippen LogP contribution in [0.1, 0.15) is 20.3 Å². The molecule has 1 aliphatic rings. The number of cyclic esters (lactones) is 1. The van der Waals surface area contributed by atoms with Gasteiger partial charge in [-0.2, -0.15) is 0 Å². The molecule has 82 valence electrons. The van der Waals surface area contributed by atoms with Crippen molar-refractivity contribution in [3.8, 4) is 0 Å². The Kier molecular flexibility index (Phi) is 3.17. The first-order chi connectivity index (χ1) is 7.24. The summed E-state index contributed by atoms with van der Waals surface area (Å²) < 4.78 is 6.28. The molecule has 1 aromatic rings. The molecule has 0 spiro atoms. The van der Waals surface area contributed by atoms with Crippen LogP contribution in [-0.2, 0) is 4.74 Å². The number of nitrogens with zero attached hydrogens (tertiary/aromatic N) is 1. The van der Waals surface area contributed by atoms with Crippen molar-refractivity contribution in [1.82, 2.24) is 0 Å². The minimum absolute atomic E-state index is 0.169. The molecule has 1 saturated heterocycles. The molecule has 2 atom stereocenters. The Labute approximate surface area is 95.8 Å². The average Bonchev–Trinajstić information content (AvgIpc) is 2.85. The van der Waals surface area contributed by atoms with E-state index in [1.54, 1.807) is 0 Å². The van der Waals surface area contributed by atoms with Crippen LogP contribution in [0.15, 0.2) is 17.1 Å². The third-order valence-corrected chi connectivity index (χ3v) is 4.77. The second-order valence-electron chi connectivity index (χ2n) is 3.85. The van der Waals surface area contributed by atoms with E-state index in [-0.39, 0.29) is 12.1 Å². The normalized spacial score (nSPS) is 22.9. The van der Waals surface area contributed by atoms with Crippen molar-refractivity contribution in [2.45, 2.75) is 26.3 Å². The number of carbonyl (C=O) groups excluding carboxylic acids is 1. The molecule has 0 aromatic carbocycles. The predicted octanol–water partition coefficient (Wildman–Crippen LogP) is 2.11. The molecule has 15 heavy (non-hydrogen) atoms. The van der Waals surface area contributed by atoms with Gasteiger partial charge >= 0.3 is 95.5 Å². The van der Waals surface area contributed by atoms with Gasteiger partial charge < -0.3 is 0 Å². The molecule has 1 aliphatic heterocycles. The zero-order valence-electron chi connectivity index (χ0n) is 8.97. The molecule has 0 N–H and O–H groups in total. The molecular weight excluding hydrogens is 257 g/mol. The SMILES string of the molecule is CC[C@@H](C)C1COC(=O)N1c1ccc[se]1. The van der Waals surface area contributed by atoms with E-state index in [4.69, 9.17) is 4.74 Å². The summed E-state index contributed by atoms with van der Waals surface area (Å²) in [6.07, 6.45) is 0.906. The van der Waals surface area contributed by atoms with Gasteiger partial charge in [0.05, 0.1) is 0 Å². The molecule has 2 heterocycles. The van der Waals surface area contributed by atoms with Gasteiger partial charge in [-0.15, -0.1) is 0 Å². The molecule has 1 unspecified atom stereocenters. The summed E-state index contributed by atoms with van der Waals surface area (Å²) in [6.45, 7) is 4.87. The number of hydrogen-bond donors (Lipinski definition) is 0. The van der Waals surface area contributed by atoms with Gasteiger partial charge in [-0.3, -0.25) is 0 Å². The van der Waals surface area contributed by atoms with Crippen molar-refractivity contribution in [2.24, 2.45) is 5.92 Å². The van der Waals surface area contributed by atoms with Crippen LogP contribution in [0.3, 0.4) is 0 Å². The van der Waals surface area contributed by atoms with Crippen LogP contribution in [-0.4, -0.2) is 33.2 Å². The monoisotopic (exact) mass is 273 g/mol. The van der Waals surface area contributed by atoms with Crippen LogP contribution in [0.25, 0.3) is 0 Å². The zero-order valence-corrected chi connectivity index (χ0v) is 10.7. The first kappa shape index (κ1) is 10.8. The molecular formula is C11H15NO2Se. The average molecular weight is 272 g/mol. The summed E-state index contributed by atoms with van der Waals surface area (Å²) in [6, 6.07) is 4.28. The van der Waals surface area contributed by atoms with Crippen LogP contribution in [0.5, 0.6) is 0 Å². The molecule has 2 rings (SSSR count). The Morgan fingerprint density at radius 2 is 2.53 bits per heavy atom. The Hall–Kier alpha value is -0.731. The molecule has 4 heteroatoms. The summed E-state index contributed by atoms with van der Waals surface area (Å²) in [4.78, 5) is 15.6. The third-order valence-electron chi connectivity index (χ3n) is 2.95. The van der Waals surface area contributed by atoms with E-state index in [0.717, 1.165) is 11.0 Å². The molecule has 0 radical (unpaired) electrons. The molecule has 0 aliphatic carbocycles. The van der Waals surface area contributed by atoms with Crippen molar-refractivity contribution >= 4 is 25.2 Å². The number of anilines is 1. The Balaban J connectivity index is 2.23. The van der Waals surface area contributed by atoms with Gasteiger partial charge in [0.25, 0.3) is 0 Å². The summed E-state index contributed by atoms with van der Waals surface area (Å²) >= 11 is 0.301. The van der Waals surface area contributed by atoms with E-state index in [0.29, 0.717) is 27.0 Å². The summed E-state index contributed by atoms with van der Waals surface area (Å²) in [5, 5.41) is 0. The summed E-state index contributed by atoms with van der Waals surface area (Å²) in [7, 11) is 0. The second-order valence-corrected chi connectivity index (χ2v) is 5.79. The van der Waals surface area contributed by atoms with Crippen molar-refractivity contribution in [3.05, 3.63) is 17.1 Å². The molecule has 1 aromatic heterocycles. The van der Waals surface area contributed by atoms with Gasteiger partial charge in [0.15, 0.2) is 0 Å². The number of ether oxygens (including phenoxy) is 1. The molecule has 1 amide bonds. The Morgan fingerprint density at radius 1 is 1.73 bits per heavy atom. The third kappa shape index (κ3) is 1.97. The Bertz CT molecular complexity index is 336. The minimum atomic E-state index is -0.169. The maximum absolute atomic E-state index is 11.6. The maximum atomic E-state index is 11.6. The van der Waals surface area contributed by atoms with E-state index in [1.165, 1.54) is 0 Å². The first-order valence-electron chi connectivity index (χ1n) is 5.23. The predicted molar refractivity (Wildman–Crippen MR) is 60.5 cm³/mol. The molecule has 0 saturated carbocycles. The molecule has 3 nitrogen and oxygen atoms in total. The number of amides is 1. The van der Waals surface area contributed by atoms with E-state index in [9.17, 15) is 4.79 Å². The summed E-state index contributed by atoms with van der Waals surface area (Å²) in [5.41, 5.74) is 0. The van der Waals surface area contributed by atoms with Gasteiger partial charge in [-0.25, -0.2) is 0 Å². The van der Waals surface area contributed by atoms with E-state index < -0.39 is 0 Å². The quantitative estimate of drug-likeness (QED) is 0.789. The fraction of sp³-hybridized carbons (Fsp3) is 0.545. The first-order valence-corrected chi connectivity index (χ1v) is 7.08. The van der Waals surface area contributed by atoms with Crippen LogP contribution in [0, 0.1) is 5.92 Å². The van der Waals surface area contributed by atoms with Crippen LogP contribution < -0.4 is 4.90 Å². The van der Waals surface area contributed by atoms with Crippen LogP contribution >= 0.6 is 0 Å². The van der Waals surface area contributed by atoms with Crippen LogP contribution in [0.4, 0.5) is 9.36 Å². The van der Waals surface area contributed by atoms with Crippen molar-refractivity contribution in [3.63, 3.8) is 0 Å². The van der Waals surface area contributed by atoms with E-state index in [2.05, 4.69) is 18.8 Å². The van der Waals surface area contributed by atoms with E-state index in [1.807, 2.05) is 17.0 Å². The van der Waals surface area contributed by atoms with Gasteiger partial charge in [-0.1, -0.05) is 0 Å². The zero-order chi connectivity index (χ0) is 10.8. The Morgan fingerprint density at radius 3 is 3.13 bits per heavy atom. The summed E-state index contributed by atoms with van der Waals surface area (Å²) in [5.74, 6) is 0.494. The van der Waals surface area contributed by atoms with Crippen LogP contribution in [0.2, 0.25) is 0 Å². The number of rotatable bonds is 3. The van der Waals surface area contributed by atoms with Gasteiger partial charge in [-0.05, 0) is 0 Å². The van der Waals surface area contributed by atoms with Gasteiger partial charge in [0.1, 0.15) is 0 Å². The van der Waals surface area contributed by atoms with Crippen molar-refractivity contribution in [2.75, 3.05) is 11.5 Å². The van der Waals surface area contributed by atoms with Crippen molar-refractivity contribution < 1.29 is 9.53 Å². The van der Waals surface area contributed by atoms with Gasteiger partial charge in [0, 0.05) is 0 Å². The van der Waals surface area contributed by atoms with E-state index >= 15 is 0 Å². The molecule has 0 bridgehead atoms. The van der Waals surface area contributed by atoms with Crippen molar-refractivity contribution in [1.29, 1.82) is 0 Å². The topological polar surface area (TPSA) is 29.5 Å².